The van der Waals surface area contributed by atoms with Crippen LogP contribution in [0.15, 0.2) is 18.2 Å². The van der Waals surface area contributed by atoms with Gasteiger partial charge in [-0.15, -0.1) is 0 Å². The summed E-state index contributed by atoms with van der Waals surface area (Å²) in [6.07, 6.45) is 1.16. The summed E-state index contributed by atoms with van der Waals surface area (Å²) in [4.78, 5) is 2.30. The van der Waals surface area contributed by atoms with E-state index in [4.69, 9.17) is 10.00 Å². The number of nitrogens with zero attached hydrogens (tertiary/aromatic N) is 2. The number of rotatable bonds is 6. The zero-order valence-corrected chi connectivity index (χ0v) is 12.6. The second kappa shape index (κ2) is 7.16. The van der Waals surface area contributed by atoms with E-state index in [0.717, 1.165) is 24.3 Å². The zero-order chi connectivity index (χ0) is 14.4. The van der Waals surface area contributed by atoms with E-state index in [1.54, 1.807) is 13.2 Å². The van der Waals surface area contributed by atoms with E-state index in [9.17, 15) is 0 Å². The Labute approximate surface area is 116 Å². The van der Waals surface area contributed by atoms with Gasteiger partial charge in [0.1, 0.15) is 5.75 Å². The minimum atomic E-state index is 0.510. The van der Waals surface area contributed by atoms with Crippen molar-refractivity contribution in [1.29, 1.82) is 5.26 Å². The van der Waals surface area contributed by atoms with Crippen LogP contribution in [0.25, 0.3) is 0 Å². The van der Waals surface area contributed by atoms with Crippen molar-refractivity contribution in [2.24, 2.45) is 5.92 Å². The Balaban J connectivity index is 2.83. The predicted molar refractivity (Wildman–Crippen MR) is 78.1 cm³/mol. The molecule has 0 bridgehead atoms. The molecule has 104 valence electrons. The Morgan fingerprint density at radius 2 is 2.00 bits per heavy atom. The molecule has 19 heavy (non-hydrogen) atoms. The summed E-state index contributed by atoms with van der Waals surface area (Å²) in [5.41, 5.74) is 1.75. The van der Waals surface area contributed by atoms with Crippen LogP contribution < -0.4 is 4.74 Å². The van der Waals surface area contributed by atoms with E-state index in [0.29, 0.717) is 17.5 Å². The van der Waals surface area contributed by atoms with Crippen molar-refractivity contribution >= 4 is 0 Å². The average molecular weight is 260 g/mol. The van der Waals surface area contributed by atoms with E-state index >= 15 is 0 Å². The highest BCUT2D eigenvalue weighted by molar-refractivity contribution is 5.42. The van der Waals surface area contributed by atoms with Crippen LogP contribution in [0.5, 0.6) is 5.75 Å². The molecule has 0 saturated heterocycles. The van der Waals surface area contributed by atoms with Crippen LogP contribution in [0.2, 0.25) is 0 Å². The van der Waals surface area contributed by atoms with Crippen LogP contribution in [-0.4, -0.2) is 25.1 Å². The van der Waals surface area contributed by atoms with Crippen molar-refractivity contribution in [3.63, 3.8) is 0 Å². The summed E-state index contributed by atoms with van der Waals surface area (Å²) >= 11 is 0. The van der Waals surface area contributed by atoms with Gasteiger partial charge in [-0.1, -0.05) is 13.8 Å². The second-order valence-electron chi connectivity index (χ2n) is 5.53. The van der Waals surface area contributed by atoms with Gasteiger partial charge in [-0.25, -0.2) is 0 Å². The van der Waals surface area contributed by atoms with Gasteiger partial charge in [-0.3, -0.25) is 4.90 Å². The Hall–Kier alpha value is -1.53. The molecule has 0 aliphatic heterocycles. The highest BCUT2D eigenvalue weighted by atomic mass is 16.5. The number of ether oxygens (including phenoxy) is 1. The number of nitriles is 1. The molecule has 1 aromatic rings. The molecule has 0 N–H and O–H groups in total. The van der Waals surface area contributed by atoms with Crippen LogP contribution in [0, 0.1) is 17.2 Å². The molecular formula is C16H24N2O. The first-order valence-electron chi connectivity index (χ1n) is 6.75. The Morgan fingerprint density at radius 1 is 1.32 bits per heavy atom. The fourth-order valence-corrected chi connectivity index (χ4v) is 2.26. The molecule has 0 radical (unpaired) electrons. The van der Waals surface area contributed by atoms with Crippen LogP contribution in [-0.2, 0) is 6.54 Å². The number of hydrogen-bond acceptors (Lipinski definition) is 3. The van der Waals surface area contributed by atoms with Gasteiger partial charge in [0.25, 0.3) is 0 Å². The molecule has 1 rings (SSSR count). The van der Waals surface area contributed by atoms with Crippen molar-refractivity contribution < 1.29 is 4.74 Å². The van der Waals surface area contributed by atoms with E-state index < -0.39 is 0 Å². The first kappa shape index (κ1) is 15.5. The number of benzene rings is 1. The van der Waals surface area contributed by atoms with Gasteiger partial charge < -0.3 is 4.74 Å². The van der Waals surface area contributed by atoms with E-state index in [1.807, 2.05) is 12.1 Å². The summed E-state index contributed by atoms with van der Waals surface area (Å²) in [6.45, 7) is 7.51. The zero-order valence-electron chi connectivity index (χ0n) is 12.6. The quantitative estimate of drug-likeness (QED) is 0.786. The highest BCUT2D eigenvalue weighted by Gasteiger charge is 2.14. The van der Waals surface area contributed by atoms with E-state index in [1.165, 1.54) is 0 Å². The highest BCUT2D eigenvalue weighted by Crippen LogP contribution is 2.22. The lowest BCUT2D eigenvalue weighted by Crippen LogP contribution is -2.29. The van der Waals surface area contributed by atoms with Crippen molar-refractivity contribution in [2.45, 2.75) is 39.8 Å². The minimum Gasteiger partial charge on any atom is -0.496 e. The largest absolute Gasteiger partial charge is 0.496 e. The molecule has 1 atom stereocenters. The number of hydrogen-bond donors (Lipinski definition) is 0. The predicted octanol–water partition coefficient (Wildman–Crippen LogP) is 3.43. The molecule has 0 heterocycles. The van der Waals surface area contributed by atoms with Crippen LogP contribution in [0.1, 0.15) is 38.3 Å². The van der Waals surface area contributed by atoms with E-state index in [-0.39, 0.29) is 0 Å². The third kappa shape index (κ3) is 4.57. The Bertz CT molecular complexity index is 449. The van der Waals surface area contributed by atoms with Crippen molar-refractivity contribution in [3.8, 4) is 11.8 Å². The van der Waals surface area contributed by atoms with Gasteiger partial charge in [0.15, 0.2) is 0 Å². The second-order valence-corrected chi connectivity index (χ2v) is 5.53. The summed E-state index contributed by atoms with van der Waals surface area (Å²) in [6, 6.07) is 8.26. The maximum atomic E-state index is 8.98. The monoisotopic (exact) mass is 260 g/mol. The van der Waals surface area contributed by atoms with Gasteiger partial charge in [-0.2, -0.15) is 5.26 Å². The lowest BCUT2D eigenvalue weighted by atomic mass is 10.0. The number of methoxy groups -OCH3 is 1. The molecule has 0 amide bonds. The molecular weight excluding hydrogens is 236 g/mol. The normalized spacial score (nSPS) is 12.5. The summed E-state index contributed by atoms with van der Waals surface area (Å²) in [5.74, 6) is 1.53. The molecule has 0 aromatic heterocycles. The topological polar surface area (TPSA) is 36.3 Å². The van der Waals surface area contributed by atoms with Crippen molar-refractivity contribution in [1.82, 2.24) is 4.90 Å². The minimum absolute atomic E-state index is 0.510. The van der Waals surface area contributed by atoms with Crippen LogP contribution in [0.3, 0.4) is 0 Å². The standard InChI is InChI=1S/C16H24N2O/c1-12(2)8-13(3)18(4)11-15-9-14(10-17)6-7-16(15)19-5/h6-7,9,12-13H,8,11H2,1-5H3. The van der Waals surface area contributed by atoms with Gasteiger partial charge in [-0.05, 0) is 44.5 Å². The smallest absolute Gasteiger partial charge is 0.123 e. The molecule has 0 saturated carbocycles. The molecule has 1 aromatic carbocycles. The average Bonchev–Trinajstić information content (AvgIpc) is 2.37. The van der Waals surface area contributed by atoms with Crippen LogP contribution >= 0.6 is 0 Å². The fraction of sp³-hybridized carbons (Fsp3) is 0.562. The fourth-order valence-electron chi connectivity index (χ4n) is 2.26. The summed E-state index contributed by atoms with van der Waals surface area (Å²) < 4.78 is 5.37. The van der Waals surface area contributed by atoms with Crippen LogP contribution in [0.4, 0.5) is 0 Å². The summed E-state index contributed by atoms with van der Waals surface area (Å²) in [7, 11) is 3.79. The van der Waals surface area contributed by atoms with Crippen molar-refractivity contribution in [2.75, 3.05) is 14.2 Å². The van der Waals surface area contributed by atoms with Gasteiger partial charge >= 0.3 is 0 Å². The molecule has 0 aliphatic carbocycles. The Kier molecular flexibility index (Phi) is 5.85. The van der Waals surface area contributed by atoms with Gasteiger partial charge in [0.2, 0.25) is 0 Å². The molecule has 1 unspecified atom stereocenters. The maximum Gasteiger partial charge on any atom is 0.123 e. The molecule has 0 aliphatic rings. The lowest BCUT2D eigenvalue weighted by Gasteiger charge is -2.26. The molecule has 0 fully saturated rings. The first-order valence-corrected chi connectivity index (χ1v) is 6.75. The van der Waals surface area contributed by atoms with Crippen molar-refractivity contribution in [3.05, 3.63) is 29.3 Å². The molecule has 3 heteroatoms. The first-order chi connectivity index (χ1) is 8.97. The Morgan fingerprint density at radius 3 is 2.53 bits per heavy atom. The third-order valence-electron chi connectivity index (χ3n) is 3.39. The van der Waals surface area contributed by atoms with Gasteiger partial charge in [0, 0.05) is 18.2 Å². The SMILES string of the molecule is COc1ccc(C#N)cc1CN(C)C(C)CC(C)C. The molecule has 3 nitrogen and oxygen atoms in total. The summed E-state index contributed by atoms with van der Waals surface area (Å²) in [5, 5.41) is 8.98. The lowest BCUT2D eigenvalue weighted by molar-refractivity contribution is 0.218. The van der Waals surface area contributed by atoms with Gasteiger partial charge in [0.05, 0.1) is 18.7 Å². The maximum absolute atomic E-state index is 8.98. The molecule has 0 spiro atoms. The van der Waals surface area contributed by atoms with E-state index in [2.05, 4.69) is 38.8 Å². The third-order valence-corrected chi connectivity index (χ3v) is 3.39.